The molecule has 2 bridgehead atoms. The van der Waals surface area contributed by atoms with Crippen LogP contribution in [0.1, 0.15) is 46.4 Å². The van der Waals surface area contributed by atoms with Crippen molar-refractivity contribution in [2.75, 3.05) is 5.32 Å². The maximum atomic E-state index is 13.3. The van der Waals surface area contributed by atoms with Crippen LogP contribution in [0.5, 0.6) is 0 Å². The lowest BCUT2D eigenvalue weighted by Gasteiger charge is -2.37. The number of allylic oxidation sites excluding steroid dienone is 2. The Bertz CT molecular complexity index is 1500. The van der Waals surface area contributed by atoms with E-state index in [0.717, 1.165) is 35.0 Å². The van der Waals surface area contributed by atoms with Gasteiger partial charge < -0.3 is 5.32 Å². The minimum atomic E-state index is -0.0939. The van der Waals surface area contributed by atoms with E-state index in [2.05, 4.69) is 27.7 Å². The molecule has 0 radical (unpaired) electrons. The van der Waals surface area contributed by atoms with Gasteiger partial charge in [0.25, 0.3) is 0 Å². The average Bonchev–Trinajstić information content (AvgIpc) is 3.35. The number of carbonyl (C=O) groups excluding carboxylic acids is 2. The molecule has 2 N–H and O–H groups in total. The third-order valence-corrected chi connectivity index (χ3v) is 7.39. The second-order valence-corrected chi connectivity index (χ2v) is 9.74. The van der Waals surface area contributed by atoms with Crippen molar-refractivity contribution in [2.45, 2.75) is 19.3 Å². The van der Waals surface area contributed by atoms with Crippen molar-refractivity contribution in [1.82, 2.24) is 10.2 Å². The molecule has 3 aromatic carbocycles. The number of hydrogen-bond acceptors (Lipinski definition) is 3. The van der Waals surface area contributed by atoms with Crippen LogP contribution in [-0.2, 0) is 4.79 Å². The van der Waals surface area contributed by atoms with Crippen LogP contribution in [0.25, 0.3) is 23.1 Å². The summed E-state index contributed by atoms with van der Waals surface area (Å²) in [5.41, 5.74) is 4.50. The van der Waals surface area contributed by atoms with E-state index in [1.165, 1.54) is 6.42 Å². The van der Waals surface area contributed by atoms with Gasteiger partial charge in [-0.3, -0.25) is 14.7 Å². The largest absolute Gasteiger partial charge is 0.326 e. The van der Waals surface area contributed by atoms with Crippen molar-refractivity contribution in [3.63, 3.8) is 0 Å². The first-order valence-corrected chi connectivity index (χ1v) is 12.5. The molecule has 4 aromatic rings. The minimum Gasteiger partial charge on any atom is -0.326 e. The number of aromatic nitrogens is 2. The third-order valence-electron chi connectivity index (χ3n) is 7.39. The van der Waals surface area contributed by atoms with Crippen LogP contribution >= 0.6 is 0 Å². The van der Waals surface area contributed by atoms with Gasteiger partial charge in [0.05, 0.1) is 11.2 Å². The van der Waals surface area contributed by atoms with Gasteiger partial charge in [-0.25, -0.2) is 0 Å². The number of hydrogen-bond donors (Lipinski definition) is 2. The summed E-state index contributed by atoms with van der Waals surface area (Å²) in [4.78, 5) is 26.2. The maximum Gasteiger partial charge on any atom is 0.228 e. The number of benzene rings is 3. The highest BCUT2D eigenvalue weighted by molar-refractivity contribution is 6.11. The van der Waals surface area contributed by atoms with E-state index in [4.69, 9.17) is 0 Å². The summed E-state index contributed by atoms with van der Waals surface area (Å²) in [7, 11) is 0. The zero-order valence-electron chi connectivity index (χ0n) is 19.9. The smallest absolute Gasteiger partial charge is 0.228 e. The predicted molar refractivity (Wildman–Crippen MR) is 143 cm³/mol. The van der Waals surface area contributed by atoms with Crippen LogP contribution in [0.3, 0.4) is 0 Å². The molecule has 3 atom stereocenters. The summed E-state index contributed by atoms with van der Waals surface area (Å²) >= 11 is 0. The Kier molecular flexibility index (Phi) is 5.82. The lowest BCUT2D eigenvalue weighted by atomic mass is 9.69. The Morgan fingerprint density at radius 3 is 2.53 bits per heavy atom. The zero-order valence-corrected chi connectivity index (χ0v) is 19.9. The molecule has 5 heteroatoms. The van der Waals surface area contributed by atoms with E-state index in [-0.39, 0.29) is 17.6 Å². The number of aromatic amines is 1. The molecule has 0 aliphatic heterocycles. The fraction of sp³-hybridized carbons (Fsp3) is 0.194. The molecule has 3 unspecified atom stereocenters. The summed E-state index contributed by atoms with van der Waals surface area (Å²) in [6, 6.07) is 22.9. The van der Waals surface area contributed by atoms with Crippen LogP contribution in [0, 0.1) is 17.8 Å². The summed E-state index contributed by atoms with van der Waals surface area (Å²) in [5, 5.41) is 11.5. The van der Waals surface area contributed by atoms with E-state index in [1.807, 2.05) is 72.8 Å². The first-order valence-electron chi connectivity index (χ1n) is 12.5. The molecule has 1 heterocycles. The summed E-state index contributed by atoms with van der Waals surface area (Å²) in [6.07, 6.45) is 11.6. The van der Waals surface area contributed by atoms with E-state index in [1.54, 1.807) is 12.1 Å². The van der Waals surface area contributed by atoms with Gasteiger partial charge >= 0.3 is 0 Å². The standard InChI is InChI=1S/C31H27N3O2/c35-30(23-7-4-8-25(18-23)32-31(36)27-17-21-9-12-22(27)13-10-21)24-14-15-26-28(33-34-29(26)19-24)16-11-20-5-2-1-3-6-20/h1-9,11-12,14-16,18-19,21-22,27H,10,13,17H2,(H,32,36)(H,33,34)/b16-11+. The van der Waals surface area contributed by atoms with Gasteiger partial charge in [0.1, 0.15) is 0 Å². The Morgan fingerprint density at radius 1 is 0.889 bits per heavy atom. The molecule has 0 saturated heterocycles. The van der Waals surface area contributed by atoms with Gasteiger partial charge in [0.2, 0.25) is 5.91 Å². The second kappa shape index (κ2) is 9.42. The fourth-order valence-electron chi connectivity index (χ4n) is 5.42. The number of rotatable bonds is 6. The van der Waals surface area contributed by atoms with Crippen LogP contribution in [0.4, 0.5) is 5.69 Å². The number of amides is 1. The highest BCUT2D eigenvalue weighted by Gasteiger charge is 2.36. The van der Waals surface area contributed by atoms with Gasteiger partial charge in [0.15, 0.2) is 5.78 Å². The van der Waals surface area contributed by atoms with Crippen molar-refractivity contribution >= 4 is 40.4 Å². The Labute approximate surface area is 209 Å². The summed E-state index contributed by atoms with van der Waals surface area (Å²) < 4.78 is 0. The topological polar surface area (TPSA) is 74.8 Å². The first-order chi connectivity index (χ1) is 17.6. The fourth-order valence-corrected chi connectivity index (χ4v) is 5.42. The van der Waals surface area contributed by atoms with E-state index >= 15 is 0 Å². The third kappa shape index (κ3) is 4.40. The van der Waals surface area contributed by atoms with Crippen molar-refractivity contribution in [3.05, 3.63) is 107 Å². The highest BCUT2D eigenvalue weighted by atomic mass is 16.2. The number of ketones is 1. The molecule has 1 fully saturated rings. The number of nitrogens with one attached hydrogen (secondary N) is 2. The lowest BCUT2D eigenvalue weighted by Crippen LogP contribution is -2.36. The molecular formula is C31H27N3O2. The molecule has 1 aromatic heterocycles. The van der Waals surface area contributed by atoms with Gasteiger partial charge in [-0.15, -0.1) is 0 Å². The lowest BCUT2D eigenvalue weighted by molar-refractivity contribution is -0.122. The number of nitrogens with zero attached hydrogens (tertiary/aromatic N) is 1. The van der Waals surface area contributed by atoms with Gasteiger partial charge in [-0.05, 0) is 67.0 Å². The van der Waals surface area contributed by atoms with E-state index in [0.29, 0.717) is 28.7 Å². The molecule has 1 saturated carbocycles. The Hall–Kier alpha value is -4.25. The second-order valence-electron chi connectivity index (χ2n) is 9.74. The normalized spacial score (nSPS) is 20.7. The van der Waals surface area contributed by atoms with E-state index in [9.17, 15) is 9.59 Å². The quantitative estimate of drug-likeness (QED) is 0.248. The molecule has 1 amide bonds. The Morgan fingerprint density at radius 2 is 1.75 bits per heavy atom. The molecule has 5 nitrogen and oxygen atoms in total. The average molecular weight is 474 g/mol. The molecule has 3 aliphatic rings. The summed E-state index contributed by atoms with van der Waals surface area (Å²) in [5.74, 6) is 0.817. The van der Waals surface area contributed by atoms with Crippen LogP contribution in [0.15, 0.2) is 84.9 Å². The molecule has 7 rings (SSSR count). The van der Waals surface area contributed by atoms with Gasteiger partial charge in [0, 0.05) is 28.1 Å². The minimum absolute atomic E-state index is 0.0148. The van der Waals surface area contributed by atoms with Crippen molar-refractivity contribution < 1.29 is 9.59 Å². The van der Waals surface area contributed by atoms with Crippen molar-refractivity contribution in [1.29, 1.82) is 0 Å². The number of anilines is 1. The monoisotopic (exact) mass is 473 g/mol. The van der Waals surface area contributed by atoms with Crippen molar-refractivity contribution in [3.8, 4) is 0 Å². The number of H-pyrrole nitrogens is 1. The zero-order chi connectivity index (χ0) is 24.5. The molecule has 36 heavy (non-hydrogen) atoms. The molecule has 0 spiro atoms. The van der Waals surface area contributed by atoms with E-state index < -0.39 is 0 Å². The van der Waals surface area contributed by atoms with Gasteiger partial charge in [-0.2, -0.15) is 5.10 Å². The van der Waals surface area contributed by atoms with Crippen molar-refractivity contribution in [2.24, 2.45) is 17.8 Å². The molecular weight excluding hydrogens is 446 g/mol. The number of fused-ring (bicyclic) bond motifs is 3. The maximum absolute atomic E-state index is 13.3. The molecule has 178 valence electrons. The highest BCUT2D eigenvalue weighted by Crippen LogP contribution is 2.40. The summed E-state index contributed by atoms with van der Waals surface area (Å²) in [6.45, 7) is 0. The number of carbonyl (C=O) groups is 2. The van der Waals surface area contributed by atoms with Gasteiger partial charge in [-0.1, -0.05) is 66.8 Å². The first kappa shape index (κ1) is 22.2. The van der Waals surface area contributed by atoms with Crippen LogP contribution in [0.2, 0.25) is 0 Å². The van der Waals surface area contributed by atoms with Crippen LogP contribution < -0.4 is 5.32 Å². The Balaban J connectivity index is 1.19. The SMILES string of the molecule is O=C(c1cccc(NC(=O)C2CC3C=CC2CC3)c1)c1ccc2c(/C=C/c3ccccc3)n[nH]c2c1. The molecule has 3 aliphatic carbocycles. The van der Waals surface area contributed by atoms with Crippen LogP contribution in [-0.4, -0.2) is 21.9 Å². The predicted octanol–water partition coefficient (Wildman–Crippen LogP) is 6.51.